The number of pyridine rings is 1. The normalized spacial score (nSPS) is 18.3. The minimum atomic E-state index is -0.0835. The van der Waals surface area contributed by atoms with Gasteiger partial charge in [-0.3, -0.25) is 14.4 Å². The number of hydrogen-bond donors (Lipinski definition) is 1. The van der Waals surface area contributed by atoms with Crippen molar-refractivity contribution >= 4 is 22.7 Å². The van der Waals surface area contributed by atoms with Crippen molar-refractivity contribution in [3.05, 3.63) is 45.7 Å². The van der Waals surface area contributed by atoms with Crippen LogP contribution in [0.1, 0.15) is 41.7 Å². The maximum Gasteiger partial charge on any atom is 0.256 e. The van der Waals surface area contributed by atoms with Crippen molar-refractivity contribution in [3.63, 3.8) is 0 Å². The van der Waals surface area contributed by atoms with Crippen molar-refractivity contribution in [2.75, 3.05) is 26.2 Å². The van der Waals surface area contributed by atoms with E-state index in [4.69, 9.17) is 0 Å². The van der Waals surface area contributed by atoms with Gasteiger partial charge < -0.3 is 14.8 Å². The number of carbonyl (C=O) groups excluding carboxylic acids is 2. The number of fused-ring (bicyclic) bond motifs is 1. The molecular weight excluding hydrogens is 342 g/mol. The number of nitrogens with one attached hydrogen (secondary N) is 1. The number of carbonyl (C=O) groups is 2. The van der Waals surface area contributed by atoms with E-state index in [1.807, 2.05) is 16.7 Å². The Labute approximate surface area is 158 Å². The zero-order chi connectivity index (χ0) is 19.0. The molecule has 1 saturated heterocycles. The quantitative estimate of drug-likeness (QED) is 0.885. The summed E-state index contributed by atoms with van der Waals surface area (Å²) in [7, 11) is 0. The largest absolute Gasteiger partial charge is 0.358 e. The second-order valence-electron chi connectivity index (χ2n) is 7.64. The van der Waals surface area contributed by atoms with Gasteiger partial charge in [-0.1, -0.05) is 12.5 Å². The number of aromatic nitrogens is 1. The van der Waals surface area contributed by atoms with E-state index in [9.17, 15) is 14.4 Å². The molecule has 27 heavy (non-hydrogen) atoms. The number of hydrogen-bond acceptors (Lipinski definition) is 3. The highest BCUT2D eigenvalue weighted by atomic mass is 16.2. The van der Waals surface area contributed by atoms with Gasteiger partial charge in [0.2, 0.25) is 5.91 Å². The summed E-state index contributed by atoms with van der Waals surface area (Å²) < 4.78 is 0. The molecule has 2 aromatic rings. The van der Waals surface area contributed by atoms with Gasteiger partial charge >= 0.3 is 0 Å². The van der Waals surface area contributed by atoms with Crippen LogP contribution in [-0.4, -0.2) is 52.8 Å². The Morgan fingerprint density at radius 1 is 1.04 bits per heavy atom. The zero-order valence-corrected chi connectivity index (χ0v) is 15.7. The molecule has 2 amide bonds. The first-order valence-electron chi connectivity index (χ1n) is 9.75. The van der Waals surface area contributed by atoms with Crippen molar-refractivity contribution in [2.24, 2.45) is 5.92 Å². The number of aryl methyl sites for hydroxylation is 1. The van der Waals surface area contributed by atoms with E-state index in [1.165, 1.54) is 0 Å². The summed E-state index contributed by atoms with van der Waals surface area (Å²) in [4.78, 5) is 44.8. The number of rotatable bonds is 2. The van der Waals surface area contributed by atoms with E-state index < -0.39 is 0 Å². The Morgan fingerprint density at radius 2 is 1.78 bits per heavy atom. The predicted octanol–water partition coefficient (Wildman–Crippen LogP) is 2.31. The van der Waals surface area contributed by atoms with Gasteiger partial charge in [0.05, 0.1) is 11.1 Å². The van der Waals surface area contributed by atoms with Crippen LogP contribution in [0.5, 0.6) is 0 Å². The average molecular weight is 367 g/mol. The van der Waals surface area contributed by atoms with Crippen molar-refractivity contribution in [1.82, 2.24) is 14.8 Å². The van der Waals surface area contributed by atoms with Crippen LogP contribution in [-0.2, 0) is 4.79 Å². The number of H-pyrrole nitrogens is 1. The van der Waals surface area contributed by atoms with Crippen LogP contribution in [0.3, 0.4) is 0 Å². The molecule has 1 N–H and O–H groups in total. The molecule has 2 heterocycles. The molecule has 1 aliphatic heterocycles. The van der Waals surface area contributed by atoms with E-state index >= 15 is 0 Å². The number of amides is 2. The fourth-order valence-electron chi connectivity index (χ4n) is 4.00. The summed E-state index contributed by atoms with van der Waals surface area (Å²) in [6, 6.07) is 6.81. The second-order valence-corrected chi connectivity index (χ2v) is 7.64. The fraction of sp³-hybridized carbons (Fsp3) is 0.476. The van der Waals surface area contributed by atoms with E-state index in [-0.39, 0.29) is 23.2 Å². The highest BCUT2D eigenvalue weighted by Gasteiger charge is 2.31. The Morgan fingerprint density at radius 3 is 2.52 bits per heavy atom. The van der Waals surface area contributed by atoms with Crippen LogP contribution in [0.25, 0.3) is 10.9 Å². The minimum absolute atomic E-state index is 0.0796. The van der Waals surface area contributed by atoms with Gasteiger partial charge in [0.15, 0.2) is 5.43 Å². The summed E-state index contributed by atoms with van der Waals surface area (Å²) in [6.07, 6.45) is 3.93. The molecule has 2 fully saturated rings. The first-order valence-corrected chi connectivity index (χ1v) is 9.75. The standard InChI is InChI=1S/C21H25N3O3/c1-14-13-18(25)16-7-3-8-17(19(16)22-14)21(27)24-10-4-9-23(11-12-24)20(26)15-5-2-6-15/h3,7-8,13,15H,2,4-6,9-12H2,1H3,(H,22,25). The lowest BCUT2D eigenvalue weighted by atomic mass is 9.84. The monoisotopic (exact) mass is 367 g/mol. The molecule has 6 heteroatoms. The van der Waals surface area contributed by atoms with Crippen LogP contribution in [0, 0.1) is 12.8 Å². The van der Waals surface area contributed by atoms with Gasteiger partial charge in [-0.15, -0.1) is 0 Å². The van der Waals surface area contributed by atoms with E-state index in [2.05, 4.69) is 4.98 Å². The van der Waals surface area contributed by atoms with Crippen LogP contribution < -0.4 is 5.43 Å². The van der Waals surface area contributed by atoms with Crippen LogP contribution in [0.15, 0.2) is 29.1 Å². The van der Waals surface area contributed by atoms with Crippen LogP contribution in [0.4, 0.5) is 0 Å². The second kappa shape index (κ2) is 7.18. The molecule has 1 saturated carbocycles. The SMILES string of the molecule is Cc1cc(=O)c2cccc(C(=O)N3CCCN(C(=O)C4CCC4)CC3)c2[nH]1. The molecular formula is C21H25N3O3. The third-order valence-electron chi connectivity index (χ3n) is 5.78. The lowest BCUT2D eigenvalue weighted by Gasteiger charge is -2.31. The molecule has 4 rings (SSSR count). The molecule has 142 valence electrons. The van der Waals surface area contributed by atoms with Gasteiger partial charge in [-0.05, 0) is 38.3 Å². The molecule has 0 bridgehead atoms. The third-order valence-corrected chi connectivity index (χ3v) is 5.78. The van der Waals surface area contributed by atoms with E-state index in [0.29, 0.717) is 42.6 Å². The first-order chi connectivity index (χ1) is 13.0. The smallest absolute Gasteiger partial charge is 0.256 e. The molecule has 0 atom stereocenters. The highest BCUT2D eigenvalue weighted by Crippen LogP contribution is 2.28. The zero-order valence-electron chi connectivity index (χ0n) is 15.7. The van der Waals surface area contributed by atoms with E-state index in [1.54, 1.807) is 24.3 Å². The fourth-order valence-corrected chi connectivity index (χ4v) is 4.00. The topological polar surface area (TPSA) is 73.5 Å². The molecule has 2 aliphatic rings. The summed E-state index contributed by atoms with van der Waals surface area (Å²) in [6.45, 7) is 4.27. The van der Waals surface area contributed by atoms with Crippen LogP contribution in [0.2, 0.25) is 0 Å². The van der Waals surface area contributed by atoms with Gasteiger partial charge in [0.1, 0.15) is 0 Å². The number of para-hydroxylation sites is 1. The lowest BCUT2D eigenvalue weighted by molar-refractivity contribution is -0.138. The molecule has 6 nitrogen and oxygen atoms in total. The Hall–Kier alpha value is -2.63. The van der Waals surface area contributed by atoms with Gasteiger partial charge in [0, 0.05) is 49.2 Å². The Bertz CT molecular complexity index is 945. The summed E-state index contributed by atoms with van der Waals surface area (Å²) in [5.74, 6) is 0.360. The molecule has 0 spiro atoms. The predicted molar refractivity (Wildman–Crippen MR) is 104 cm³/mol. The Balaban J connectivity index is 1.56. The van der Waals surface area contributed by atoms with Gasteiger partial charge in [-0.2, -0.15) is 0 Å². The number of nitrogens with zero attached hydrogens (tertiary/aromatic N) is 2. The maximum absolute atomic E-state index is 13.2. The summed E-state index contributed by atoms with van der Waals surface area (Å²) >= 11 is 0. The van der Waals surface area contributed by atoms with Gasteiger partial charge in [0.25, 0.3) is 5.91 Å². The van der Waals surface area contributed by atoms with Crippen molar-refractivity contribution in [3.8, 4) is 0 Å². The number of aromatic amines is 1. The molecule has 0 radical (unpaired) electrons. The summed E-state index contributed by atoms with van der Waals surface area (Å²) in [5, 5.41) is 0.531. The van der Waals surface area contributed by atoms with Crippen molar-refractivity contribution in [2.45, 2.75) is 32.6 Å². The highest BCUT2D eigenvalue weighted by molar-refractivity contribution is 6.05. The van der Waals surface area contributed by atoms with Crippen LogP contribution >= 0.6 is 0 Å². The van der Waals surface area contributed by atoms with E-state index in [0.717, 1.165) is 31.4 Å². The van der Waals surface area contributed by atoms with Crippen molar-refractivity contribution in [1.29, 1.82) is 0 Å². The lowest BCUT2D eigenvalue weighted by Crippen LogP contribution is -2.41. The third kappa shape index (κ3) is 3.36. The molecule has 1 aromatic heterocycles. The minimum Gasteiger partial charge on any atom is -0.358 e. The maximum atomic E-state index is 13.2. The molecule has 1 aromatic carbocycles. The summed E-state index contributed by atoms with van der Waals surface area (Å²) in [5.41, 5.74) is 1.77. The first kappa shape index (κ1) is 17.8. The van der Waals surface area contributed by atoms with Crippen molar-refractivity contribution < 1.29 is 9.59 Å². The van der Waals surface area contributed by atoms with Gasteiger partial charge in [-0.25, -0.2) is 0 Å². The number of benzene rings is 1. The molecule has 1 aliphatic carbocycles. The average Bonchev–Trinajstić information content (AvgIpc) is 2.85. The molecule has 0 unspecified atom stereocenters. The Kier molecular flexibility index (Phi) is 4.72.